The van der Waals surface area contributed by atoms with Crippen molar-refractivity contribution < 1.29 is 17.6 Å². The molecule has 0 saturated carbocycles. The maximum absolute atomic E-state index is 12.2. The molecule has 0 spiro atoms. The third kappa shape index (κ3) is 2.04. The molecule has 0 fully saturated rings. The second-order valence-electron chi connectivity index (χ2n) is 2.96. The van der Waals surface area contributed by atoms with E-state index in [9.17, 15) is 13.2 Å². The third-order valence-electron chi connectivity index (χ3n) is 1.72. The van der Waals surface area contributed by atoms with Crippen molar-refractivity contribution in [2.45, 2.75) is 13.1 Å². The van der Waals surface area contributed by atoms with Crippen molar-refractivity contribution in [2.75, 3.05) is 0 Å². The number of aryl methyl sites for hydroxylation is 1. The van der Waals surface area contributed by atoms with Gasteiger partial charge in [-0.3, -0.25) is 0 Å². The summed E-state index contributed by atoms with van der Waals surface area (Å²) in [6.45, 7) is 1.77. The van der Waals surface area contributed by atoms with Gasteiger partial charge in [0.2, 0.25) is 5.76 Å². The first-order valence-electron chi connectivity index (χ1n) is 4.06. The van der Waals surface area contributed by atoms with Crippen molar-refractivity contribution in [3.05, 3.63) is 29.0 Å². The number of halogens is 3. The zero-order valence-corrected chi connectivity index (χ0v) is 8.45. The molecule has 0 bridgehead atoms. The fraction of sp³-hybridized carbons (Fsp3) is 0.222. The molecular weight excluding hydrogens is 227 g/mol. The van der Waals surface area contributed by atoms with Gasteiger partial charge in [0.25, 0.3) is 0 Å². The van der Waals surface area contributed by atoms with E-state index in [1.54, 1.807) is 12.3 Å². The standard InChI is InChI=1S/C9H6F3NOS/c1-5-4-15-8(13-5)6-2-3-7(14-6)9(10,11)12/h2-4H,1H3. The number of aromatic nitrogens is 1. The molecule has 0 aliphatic rings. The van der Waals surface area contributed by atoms with Crippen LogP contribution >= 0.6 is 11.3 Å². The highest BCUT2D eigenvalue weighted by Crippen LogP contribution is 2.34. The Hall–Kier alpha value is -1.30. The molecule has 2 aromatic rings. The van der Waals surface area contributed by atoms with Crippen molar-refractivity contribution in [2.24, 2.45) is 0 Å². The largest absolute Gasteiger partial charge is 0.449 e. The Labute approximate surface area is 87.4 Å². The van der Waals surface area contributed by atoms with Crippen LogP contribution in [0.15, 0.2) is 21.9 Å². The summed E-state index contributed by atoms with van der Waals surface area (Å²) in [7, 11) is 0. The lowest BCUT2D eigenvalue weighted by Crippen LogP contribution is -2.01. The average molecular weight is 233 g/mol. The Kier molecular flexibility index (Phi) is 2.30. The predicted molar refractivity (Wildman–Crippen MR) is 49.6 cm³/mol. The normalized spacial score (nSPS) is 12.0. The number of alkyl halides is 3. The van der Waals surface area contributed by atoms with Gasteiger partial charge in [-0.05, 0) is 19.1 Å². The highest BCUT2D eigenvalue weighted by molar-refractivity contribution is 7.13. The van der Waals surface area contributed by atoms with Gasteiger partial charge in [-0.15, -0.1) is 11.3 Å². The van der Waals surface area contributed by atoms with Crippen molar-refractivity contribution >= 4 is 11.3 Å². The Morgan fingerprint density at radius 1 is 1.33 bits per heavy atom. The van der Waals surface area contributed by atoms with Crippen LogP contribution in [-0.2, 0) is 6.18 Å². The predicted octanol–water partition coefficient (Wildman–Crippen LogP) is 3.73. The molecular formula is C9H6F3NOS. The van der Waals surface area contributed by atoms with Crippen LogP contribution in [0.3, 0.4) is 0 Å². The summed E-state index contributed by atoms with van der Waals surface area (Å²) in [5, 5.41) is 2.22. The molecule has 0 radical (unpaired) electrons. The number of furan rings is 1. The molecule has 0 saturated heterocycles. The topological polar surface area (TPSA) is 26.0 Å². The lowest BCUT2D eigenvalue weighted by molar-refractivity contribution is -0.152. The number of nitrogens with zero attached hydrogens (tertiary/aromatic N) is 1. The summed E-state index contributed by atoms with van der Waals surface area (Å²) in [5.41, 5.74) is 0.764. The Balaban J connectivity index is 2.36. The second-order valence-corrected chi connectivity index (χ2v) is 3.81. The van der Waals surface area contributed by atoms with Crippen LogP contribution in [0.25, 0.3) is 10.8 Å². The van der Waals surface area contributed by atoms with E-state index in [1.165, 1.54) is 17.4 Å². The van der Waals surface area contributed by atoms with Crippen LogP contribution in [0.1, 0.15) is 11.5 Å². The van der Waals surface area contributed by atoms with Gasteiger partial charge >= 0.3 is 6.18 Å². The minimum Gasteiger partial charge on any atom is -0.449 e. The van der Waals surface area contributed by atoms with Gasteiger partial charge in [-0.2, -0.15) is 13.2 Å². The SMILES string of the molecule is Cc1csc(-c2ccc(C(F)(F)F)o2)n1. The first-order valence-corrected chi connectivity index (χ1v) is 4.94. The maximum atomic E-state index is 12.2. The van der Waals surface area contributed by atoms with E-state index < -0.39 is 11.9 Å². The molecule has 0 unspecified atom stereocenters. The molecule has 6 heteroatoms. The average Bonchev–Trinajstić information content (AvgIpc) is 2.69. The van der Waals surface area contributed by atoms with E-state index in [2.05, 4.69) is 9.40 Å². The van der Waals surface area contributed by atoms with Crippen molar-refractivity contribution in [1.82, 2.24) is 4.98 Å². The first kappa shape index (κ1) is 10.2. The number of hydrogen-bond acceptors (Lipinski definition) is 3. The zero-order valence-electron chi connectivity index (χ0n) is 7.63. The highest BCUT2D eigenvalue weighted by atomic mass is 32.1. The molecule has 2 nitrogen and oxygen atoms in total. The Morgan fingerprint density at radius 3 is 2.53 bits per heavy atom. The van der Waals surface area contributed by atoms with Gasteiger partial charge in [0.1, 0.15) is 0 Å². The van der Waals surface area contributed by atoms with Crippen LogP contribution in [0.2, 0.25) is 0 Å². The highest BCUT2D eigenvalue weighted by Gasteiger charge is 2.35. The molecule has 0 aliphatic carbocycles. The molecule has 15 heavy (non-hydrogen) atoms. The summed E-state index contributed by atoms with van der Waals surface area (Å²) in [6.07, 6.45) is -4.44. The van der Waals surface area contributed by atoms with Crippen molar-refractivity contribution in [1.29, 1.82) is 0 Å². The first-order chi connectivity index (χ1) is 6.97. The number of hydrogen-bond donors (Lipinski definition) is 0. The molecule has 0 aromatic carbocycles. The molecule has 2 rings (SSSR count). The van der Waals surface area contributed by atoms with Gasteiger partial charge < -0.3 is 4.42 Å². The van der Waals surface area contributed by atoms with E-state index in [-0.39, 0.29) is 5.76 Å². The smallest absolute Gasteiger partial charge is 0.449 e. The Bertz CT molecular complexity index is 472. The monoisotopic (exact) mass is 233 g/mol. The van der Waals surface area contributed by atoms with Gasteiger partial charge in [0.05, 0.1) is 0 Å². The Morgan fingerprint density at radius 2 is 2.07 bits per heavy atom. The van der Waals surface area contributed by atoms with Crippen LogP contribution in [0.4, 0.5) is 13.2 Å². The van der Waals surface area contributed by atoms with E-state index in [0.717, 1.165) is 11.8 Å². The minimum absolute atomic E-state index is 0.153. The summed E-state index contributed by atoms with van der Waals surface area (Å²) in [5.74, 6) is -0.842. The summed E-state index contributed by atoms with van der Waals surface area (Å²) in [6, 6.07) is 2.19. The molecule has 2 heterocycles. The summed E-state index contributed by atoms with van der Waals surface area (Å²) < 4.78 is 41.3. The fourth-order valence-corrected chi connectivity index (χ4v) is 1.83. The van der Waals surface area contributed by atoms with Crippen LogP contribution in [0, 0.1) is 6.92 Å². The van der Waals surface area contributed by atoms with E-state index in [1.807, 2.05) is 0 Å². The maximum Gasteiger partial charge on any atom is 0.449 e. The van der Waals surface area contributed by atoms with Crippen molar-refractivity contribution in [3.63, 3.8) is 0 Å². The van der Waals surface area contributed by atoms with Crippen molar-refractivity contribution in [3.8, 4) is 10.8 Å². The zero-order chi connectivity index (χ0) is 11.1. The quantitative estimate of drug-likeness (QED) is 0.750. The van der Waals surface area contributed by atoms with E-state index >= 15 is 0 Å². The fourth-order valence-electron chi connectivity index (χ4n) is 1.07. The lowest BCUT2D eigenvalue weighted by Gasteiger charge is -1.99. The summed E-state index contributed by atoms with van der Waals surface area (Å²) >= 11 is 1.25. The molecule has 0 N–H and O–H groups in total. The van der Waals surface area contributed by atoms with Gasteiger partial charge in [0.15, 0.2) is 10.8 Å². The van der Waals surface area contributed by atoms with Crippen LogP contribution in [0.5, 0.6) is 0 Å². The van der Waals surface area contributed by atoms with Gasteiger partial charge in [-0.1, -0.05) is 0 Å². The molecule has 2 aromatic heterocycles. The van der Waals surface area contributed by atoms with Gasteiger partial charge in [0, 0.05) is 11.1 Å². The lowest BCUT2D eigenvalue weighted by atomic mass is 10.4. The molecule has 80 valence electrons. The molecule has 0 atom stereocenters. The second kappa shape index (κ2) is 3.37. The van der Waals surface area contributed by atoms with E-state index in [4.69, 9.17) is 0 Å². The minimum atomic E-state index is -4.44. The molecule has 0 amide bonds. The number of rotatable bonds is 1. The number of thiazole rings is 1. The molecule has 0 aliphatic heterocycles. The third-order valence-corrected chi connectivity index (χ3v) is 2.69. The summed E-state index contributed by atoms with van der Waals surface area (Å²) in [4.78, 5) is 4.03. The van der Waals surface area contributed by atoms with E-state index in [0.29, 0.717) is 5.01 Å². The van der Waals surface area contributed by atoms with Gasteiger partial charge in [-0.25, -0.2) is 4.98 Å². The van der Waals surface area contributed by atoms with Crippen LogP contribution in [-0.4, -0.2) is 4.98 Å². The van der Waals surface area contributed by atoms with Crippen LogP contribution < -0.4 is 0 Å².